The van der Waals surface area contributed by atoms with Gasteiger partial charge in [-0.3, -0.25) is 0 Å². The van der Waals surface area contributed by atoms with Gasteiger partial charge in [0.2, 0.25) is 0 Å². The summed E-state index contributed by atoms with van der Waals surface area (Å²) in [7, 11) is 0. The van der Waals surface area contributed by atoms with Crippen LogP contribution in [0.4, 0.5) is 0 Å². The van der Waals surface area contributed by atoms with Gasteiger partial charge in [0.05, 0.1) is 11.7 Å². The van der Waals surface area contributed by atoms with Gasteiger partial charge in [-0.15, -0.1) is 0 Å². The maximum atomic E-state index is 6.55. The second-order valence-corrected chi connectivity index (χ2v) is 7.88. The van der Waals surface area contributed by atoms with Gasteiger partial charge in [0.25, 0.3) is 0 Å². The van der Waals surface area contributed by atoms with E-state index in [1.165, 1.54) is 51.4 Å². The monoisotopic (exact) mass is 267 g/mol. The van der Waals surface area contributed by atoms with E-state index in [4.69, 9.17) is 4.74 Å². The Hall–Kier alpha value is -0.0800. The Morgan fingerprint density at radius 1 is 1.11 bits per heavy atom. The Morgan fingerprint density at radius 2 is 1.74 bits per heavy atom. The molecule has 1 N–H and O–H groups in total. The molecule has 0 saturated heterocycles. The van der Waals surface area contributed by atoms with Crippen molar-refractivity contribution in [3.8, 4) is 0 Å². The number of nitrogens with one attached hydrogen (secondary N) is 1. The minimum Gasteiger partial charge on any atom is -0.372 e. The molecule has 0 atom stereocenters. The Kier molecular flexibility index (Phi) is 4.94. The van der Waals surface area contributed by atoms with E-state index in [-0.39, 0.29) is 5.60 Å². The van der Waals surface area contributed by atoms with Gasteiger partial charge in [0, 0.05) is 6.04 Å². The molecule has 0 heterocycles. The van der Waals surface area contributed by atoms with Gasteiger partial charge < -0.3 is 10.1 Å². The van der Waals surface area contributed by atoms with E-state index in [2.05, 4.69) is 33.0 Å². The molecule has 2 aliphatic rings. The minimum atomic E-state index is 0.230. The lowest BCUT2D eigenvalue weighted by Gasteiger charge is -2.46. The summed E-state index contributed by atoms with van der Waals surface area (Å²) < 4.78 is 6.55. The fraction of sp³-hybridized carbons (Fsp3) is 1.00. The predicted octanol–water partition coefficient (Wildman–Crippen LogP) is 4.28. The zero-order valence-electron chi connectivity index (χ0n) is 13.4. The zero-order valence-corrected chi connectivity index (χ0v) is 13.4. The van der Waals surface area contributed by atoms with Crippen molar-refractivity contribution in [2.24, 2.45) is 5.41 Å². The van der Waals surface area contributed by atoms with Crippen molar-refractivity contribution in [1.29, 1.82) is 0 Å². The highest BCUT2D eigenvalue weighted by atomic mass is 16.5. The van der Waals surface area contributed by atoms with Gasteiger partial charge in [-0.2, -0.15) is 0 Å². The molecular formula is C17H33NO. The van der Waals surface area contributed by atoms with Crippen molar-refractivity contribution in [1.82, 2.24) is 5.32 Å². The van der Waals surface area contributed by atoms with E-state index in [1.54, 1.807) is 0 Å². The molecule has 0 aliphatic heterocycles. The number of hydrogen-bond donors (Lipinski definition) is 1. The Balaban J connectivity index is 1.76. The molecule has 2 fully saturated rings. The zero-order chi connectivity index (χ0) is 13.9. The standard InChI is InChI=1S/C17H33NO/c1-14(2)18-13-12-17(8-5-9-17)19-15-6-10-16(3,4)11-7-15/h14-15,18H,5-13H2,1-4H3. The van der Waals surface area contributed by atoms with Gasteiger partial charge in [0.1, 0.15) is 0 Å². The van der Waals surface area contributed by atoms with Gasteiger partial charge in [-0.25, -0.2) is 0 Å². The van der Waals surface area contributed by atoms with Crippen LogP contribution in [0.1, 0.15) is 79.1 Å². The summed E-state index contributed by atoms with van der Waals surface area (Å²) in [4.78, 5) is 0. The van der Waals surface area contributed by atoms with E-state index >= 15 is 0 Å². The average molecular weight is 267 g/mol. The summed E-state index contributed by atoms with van der Waals surface area (Å²) in [5, 5.41) is 3.54. The third-order valence-corrected chi connectivity index (χ3v) is 5.10. The van der Waals surface area contributed by atoms with Crippen molar-refractivity contribution >= 4 is 0 Å². The van der Waals surface area contributed by atoms with Crippen LogP contribution in [0.5, 0.6) is 0 Å². The number of ether oxygens (including phenoxy) is 1. The number of hydrogen-bond acceptors (Lipinski definition) is 2. The molecule has 0 unspecified atom stereocenters. The highest BCUT2D eigenvalue weighted by Gasteiger charge is 2.40. The van der Waals surface area contributed by atoms with Crippen LogP contribution in [-0.4, -0.2) is 24.3 Å². The first-order chi connectivity index (χ1) is 8.91. The first-order valence-electron chi connectivity index (χ1n) is 8.32. The number of rotatable bonds is 6. The molecule has 19 heavy (non-hydrogen) atoms. The van der Waals surface area contributed by atoms with E-state index in [9.17, 15) is 0 Å². The second kappa shape index (κ2) is 6.13. The lowest BCUT2D eigenvalue weighted by molar-refractivity contribution is -0.157. The predicted molar refractivity (Wildman–Crippen MR) is 81.5 cm³/mol. The molecule has 0 spiro atoms. The van der Waals surface area contributed by atoms with Crippen molar-refractivity contribution in [2.45, 2.75) is 96.8 Å². The Labute approximate surface area is 119 Å². The van der Waals surface area contributed by atoms with Crippen molar-refractivity contribution in [3.05, 3.63) is 0 Å². The van der Waals surface area contributed by atoms with Crippen molar-refractivity contribution < 1.29 is 4.74 Å². The molecule has 0 bridgehead atoms. The maximum Gasteiger partial charge on any atom is 0.0698 e. The fourth-order valence-corrected chi connectivity index (χ4v) is 3.43. The van der Waals surface area contributed by atoms with Crippen molar-refractivity contribution in [3.63, 3.8) is 0 Å². The van der Waals surface area contributed by atoms with E-state index in [0.717, 1.165) is 6.54 Å². The third-order valence-electron chi connectivity index (χ3n) is 5.10. The lowest BCUT2D eigenvalue weighted by atomic mass is 9.74. The van der Waals surface area contributed by atoms with E-state index < -0.39 is 0 Å². The third kappa shape index (κ3) is 4.46. The maximum absolute atomic E-state index is 6.55. The molecule has 2 rings (SSSR count). The van der Waals surface area contributed by atoms with Crippen LogP contribution in [0.25, 0.3) is 0 Å². The quantitative estimate of drug-likeness (QED) is 0.775. The molecule has 2 saturated carbocycles. The van der Waals surface area contributed by atoms with Crippen LogP contribution in [0, 0.1) is 5.41 Å². The topological polar surface area (TPSA) is 21.3 Å². The van der Waals surface area contributed by atoms with Crippen LogP contribution < -0.4 is 5.32 Å². The van der Waals surface area contributed by atoms with Gasteiger partial charge in [-0.1, -0.05) is 27.7 Å². The van der Waals surface area contributed by atoms with Gasteiger partial charge in [0.15, 0.2) is 0 Å². The van der Waals surface area contributed by atoms with Crippen LogP contribution in [0.3, 0.4) is 0 Å². The molecular weight excluding hydrogens is 234 g/mol. The first kappa shape index (κ1) is 15.3. The molecule has 0 aromatic carbocycles. The molecule has 0 amide bonds. The summed E-state index contributed by atoms with van der Waals surface area (Å²) in [6.45, 7) is 10.3. The first-order valence-corrected chi connectivity index (χ1v) is 8.32. The second-order valence-electron chi connectivity index (χ2n) is 7.88. The molecule has 0 radical (unpaired) electrons. The molecule has 2 heteroatoms. The molecule has 2 nitrogen and oxygen atoms in total. The van der Waals surface area contributed by atoms with Crippen LogP contribution in [-0.2, 0) is 4.74 Å². The molecule has 0 aromatic heterocycles. The van der Waals surface area contributed by atoms with Crippen LogP contribution in [0.2, 0.25) is 0 Å². The normalized spacial score (nSPS) is 26.4. The van der Waals surface area contributed by atoms with Crippen LogP contribution in [0.15, 0.2) is 0 Å². The SMILES string of the molecule is CC(C)NCCC1(OC2CCC(C)(C)CC2)CCC1. The summed E-state index contributed by atoms with van der Waals surface area (Å²) in [6, 6.07) is 0.590. The summed E-state index contributed by atoms with van der Waals surface area (Å²) >= 11 is 0. The summed E-state index contributed by atoms with van der Waals surface area (Å²) in [6.07, 6.45) is 10.9. The Morgan fingerprint density at radius 3 is 2.21 bits per heavy atom. The largest absolute Gasteiger partial charge is 0.372 e. The highest BCUT2D eigenvalue weighted by Crippen LogP contribution is 2.43. The van der Waals surface area contributed by atoms with Crippen LogP contribution >= 0.6 is 0 Å². The Bertz CT molecular complexity index is 271. The molecule has 2 aliphatic carbocycles. The van der Waals surface area contributed by atoms with Crippen molar-refractivity contribution in [2.75, 3.05) is 6.54 Å². The van der Waals surface area contributed by atoms with E-state index in [1.807, 2.05) is 0 Å². The lowest BCUT2D eigenvalue weighted by Crippen LogP contribution is -2.46. The highest BCUT2D eigenvalue weighted by molar-refractivity contribution is 4.92. The van der Waals surface area contributed by atoms with Gasteiger partial charge in [-0.05, 0) is 63.3 Å². The van der Waals surface area contributed by atoms with Gasteiger partial charge >= 0.3 is 0 Å². The molecule has 0 aromatic rings. The molecule has 112 valence electrons. The smallest absolute Gasteiger partial charge is 0.0698 e. The summed E-state index contributed by atoms with van der Waals surface area (Å²) in [5.41, 5.74) is 0.778. The summed E-state index contributed by atoms with van der Waals surface area (Å²) in [5.74, 6) is 0. The minimum absolute atomic E-state index is 0.230. The van der Waals surface area contributed by atoms with E-state index in [0.29, 0.717) is 17.6 Å². The average Bonchev–Trinajstić information content (AvgIpc) is 2.27. The fourth-order valence-electron chi connectivity index (χ4n) is 3.43.